The highest BCUT2D eigenvalue weighted by molar-refractivity contribution is 9.10. The summed E-state index contributed by atoms with van der Waals surface area (Å²) < 4.78 is 24.2. The molecule has 0 aliphatic rings. The second kappa shape index (κ2) is 9.17. The minimum Gasteiger partial charge on any atom is -0.496 e. The van der Waals surface area contributed by atoms with Gasteiger partial charge in [-0.05, 0) is 36.2 Å². The van der Waals surface area contributed by atoms with Crippen LogP contribution in [0.2, 0.25) is 0 Å². The summed E-state index contributed by atoms with van der Waals surface area (Å²) in [5, 5.41) is 2.64. The van der Waals surface area contributed by atoms with Gasteiger partial charge in [-0.3, -0.25) is 4.79 Å². The Hall–Kier alpha value is -2.41. The zero-order valence-electron chi connectivity index (χ0n) is 13.6. The molecule has 0 fully saturated rings. The molecule has 7 heteroatoms. The Kier molecular flexibility index (Phi) is 6.94. The van der Waals surface area contributed by atoms with Crippen molar-refractivity contribution >= 4 is 27.8 Å². The highest BCUT2D eigenvalue weighted by atomic mass is 79.9. The van der Waals surface area contributed by atoms with Crippen molar-refractivity contribution in [3.8, 4) is 5.75 Å². The van der Waals surface area contributed by atoms with Gasteiger partial charge >= 0.3 is 5.97 Å². The minimum atomic E-state index is -0.890. The van der Waals surface area contributed by atoms with Crippen LogP contribution in [0.15, 0.2) is 46.9 Å². The number of benzene rings is 2. The lowest BCUT2D eigenvalue weighted by atomic mass is 10.1. The van der Waals surface area contributed by atoms with Crippen LogP contribution in [-0.2, 0) is 16.0 Å². The Morgan fingerprint density at radius 1 is 1.20 bits per heavy atom. The molecule has 0 unspecified atom stereocenters. The third-order valence-electron chi connectivity index (χ3n) is 3.39. The van der Waals surface area contributed by atoms with Gasteiger partial charge in [-0.1, -0.05) is 34.1 Å². The van der Waals surface area contributed by atoms with E-state index in [2.05, 4.69) is 21.2 Å². The lowest BCUT2D eigenvalue weighted by molar-refractivity contribution is -0.124. The monoisotopic (exact) mass is 409 g/mol. The molecule has 25 heavy (non-hydrogen) atoms. The average Bonchev–Trinajstić information content (AvgIpc) is 2.62. The molecule has 0 bridgehead atoms. The Bertz CT molecular complexity index is 766. The van der Waals surface area contributed by atoms with Gasteiger partial charge in [0.05, 0.1) is 12.7 Å². The van der Waals surface area contributed by atoms with E-state index in [1.807, 2.05) is 24.3 Å². The first kappa shape index (κ1) is 18.9. The van der Waals surface area contributed by atoms with Crippen molar-refractivity contribution < 1.29 is 23.5 Å². The maximum Gasteiger partial charge on any atom is 0.341 e. The van der Waals surface area contributed by atoms with Gasteiger partial charge in [-0.15, -0.1) is 0 Å². The fourth-order valence-electron chi connectivity index (χ4n) is 2.16. The molecular formula is C18H17BrFNO4. The topological polar surface area (TPSA) is 64.6 Å². The summed E-state index contributed by atoms with van der Waals surface area (Å²) in [6.07, 6.45) is 0.573. The number of carbonyl (C=O) groups excluding carboxylic acids is 2. The van der Waals surface area contributed by atoms with Gasteiger partial charge in [-0.25, -0.2) is 9.18 Å². The van der Waals surface area contributed by atoms with Crippen molar-refractivity contribution in [1.29, 1.82) is 0 Å². The van der Waals surface area contributed by atoms with Crippen LogP contribution in [0.3, 0.4) is 0 Å². The van der Waals surface area contributed by atoms with Crippen LogP contribution in [0.5, 0.6) is 5.75 Å². The van der Waals surface area contributed by atoms with Crippen LogP contribution in [-0.4, -0.2) is 32.1 Å². The molecule has 0 radical (unpaired) electrons. The Balaban J connectivity index is 1.79. The van der Waals surface area contributed by atoms with E-state index in [9.17, 15) is 14.0 Å². The number of amides is 1. The normalized spacial score (nSPS) is 10.2. The summed E-state index contributed by atoms with van der Waals surface area (Å²) in [5.41, 5.74) is 0.731. The van der Waals surface area contributed by atoms with Crippen molar-refractivity contribution in [3.63, 3.8) is 0 Å². The van der Waals surface area contributed by atoms with E-state index >= 15 is 0 Å². The minimum absolute atomic E-state index is 0.226. The summed E-state index contributed by atoms with van der Waals surface area (Å²) >= 11 is 3.15. The third-order valence-corrected chi connectivity index (χ3v) is 3.88. The van der Waals surface area contributed by atoms with E-state index in [1.165, 1.54) is 12.1 Å². The fourth-order valence-corrected chi connectivity index (χ4v) is 2.52. The van der Waals surface area contributed by atoms with Crippen LogP contribution in [0.1, 0.15) is 15.9 Å². The van der Waals surface area contributed by atoms with Gasteiger partial charge in [0, 0.05) is 11.0 Å². The molecule has 0 aromatic heterocycles. The Morgan fingerprint density at radius 2 is 1.96 bits per heavy atom. The number of carbonyl (C=O) groups is 2. The second-order valence-electron chi connectivity index (χ2n) is 5.11. The van der Waals surface area contributed by atoms with Crippen LogP contribution in [0.4, 0.5) is 4.39 Å². The average molecular weight is 410 g/mol. The highest BCUT2D eigenvalue weighted by Gasteiger charge is 2.15. The third kappa shape index (κ3) is 5.56. The SMILES string of the molecule is COc1ccccc1CCNC(=O)COC(=O)c1cc(Br)ccc1F. The van der Waals surface area contributed by atoms with Gasteiger partial charge in [0.15, 0.2) is 6.61 Å². The molecule has 1 amide bonds. The van der Waals surface area contributed by atoms with Crippen LogP contribution in [0, 0.1) is 5.82 Å². The number of hydrogen-bond donors (Lipinski definition) is 1. The lowest BCUT2D eigenvalue weighted by Crippen LogP contribution is -2.30. The number of methoxy groups -OCH3 is 1. The molecule has 0 atom stereocenters. The molecule has 0 saturated heterocycles. The summed E-state index contributed by atoms with van der Waals surface area (Å²) in [6.45, 7) is -0.112. The standard InChI is InChI=1S/C18H17BrFNO4/c1-24-16-5-3-2-4-12(16)8-9-21-17(22)11-25-18(23)14-10-13(19)6-7-15(14)20/h2-7,10H,8-9,11H2,1H3,(H,21,22). The summed E-state index contributed by atoms with van der Waals surface area (Å²) in [6, 6.07) is 11.4. The number of ether oxygens (including phenoxy) is 2. The van der Waals surface area contributed by atoms with Crippen molar-refractivity contribution in [2.45, 2.75) is 6.42 Å². The van der Waals surface area contributed by atoms with E-state index < -0.39 is 24.3 Å². The van der Waals surface area contributed by atoms with E-state index in [0.717, 1.165) is 17.4 Å². The van der Waals surface area contributed by atoms with Crippen molar-refractivity contribution in [3.05, 3.63) is 63.9 Å². The Morgan fingerprint density at radius 3 is 2.72 bits per heavy atom. The first-order chi connectivity index (χ1) is 12.0. The summed E-state index contributed by atoms with van der Waals surface area (Å²) in [4.78, 5) is 23.6. The first-order valence-corrected chi connectivity index (χ1v) is 8.31. The quantitative estimate of drug-likeness (QED) is 0.713. The van der Waals surface area contributed by atoms with Crippen LogP contribution >= 0.6 is 15.9 Å². The van der Waals surface area contributed by atoms with Crippen LogP contribution in [0.25, 0.3) is 0 Å². The molecule has 0 saturated carbocycles. The van der Waals surface area contributed by atoms with Crippen molar-refractivity contribution in [2.24, 2.45) is 0 Å². The Labute approximate surface area is 153 Å². The summed E-state index contributed by atoms with van der Waals surface area (Å²) in [7, 11) is 1.58. The molecular weight excluding hydrogens is 393 g/mol. The number of hydrogen-bond acceptors (Lipinski definition) is 4. The molecule has 1 N–H and O–H groups in total. The highest BCUT2D eigenvalue weighted by Crippen LogP contribution is 2.17. The molecule has 2 rings (SSSR count). The zero-order valence-corrected chi connectivity index (χ0v) is 15.1. The molecule has 0 aliphatic heterocycles. The predicted octanol–water partition coefficient (Wildman–Crippen LogP) is 3.11. The zero-order chi connectivity index (χ0) is 18.2. The molecule has 5 nitrogen and oxygen atoms in total. The number of rotatable bonds is 7. The number of nitrogens with one attached hydrogen (secondary N) is 1. The van der Waals surface area contributed by atoms with Gasteiger partial charge in [-0.2, -0.15) is 0 Å². The van der Waals surface area contributed by atoms with Gasteiger partial charge in [0.2, 0.25) is 0 Å². The van der Waals surface area contributed by atoms with Crippen molar-refractivity contribution in [2.75, 3.05) is 20.3 Å². The fraction of sp³-hybridized carbons (Fsp3) is 0.222. The van der Waals surface area contributed by atoms with E-state index in [0.29, 0.717) is 17.4 Å². The van der Waals surface area contributed by atoms with E-state index in [1.54, 1.807) is 7.11 Å². The molecule has 0 spiro atoms. The number of para-hydroxylation sites is 1. The van der Waals surface area contributed by atoms with Crippen LogP contribution < -0.4 is 10.1 Å². The van der Waals surface area contributed by atoms with Gasteiger partial charge in [0.1, 0.15) is 11.6 Å². The predicted molar refractivity (Wildman–Crippen MR) is 94.1 cm³/mol. The largest absolute Gasteiger partial charge is 0.496 e. The second-order valence-corrected chi connectivity index (χ2v) is 6.03. The van der Waals surface area contributed by atoms with Gasteiger partial charge < -0.3 is 14.8 Å². The van der Waals surface area contributed by atoms with Gasteiger partial charge in [0.25, 0.3) is 5.91 Å². The molecule has 2 aromatic carbocycles. The lowest BCUT2D eigenvalue weighted by Gasteiger charge is -2.09. The first-order valence-electron chi connectivity index (χ1n) is 7.52. The number of halogens is 2. The molecule has 132 valence electrons. The molecule has 0 aliphatic carbocycles. The summed E-state index contributed by atoms with van der Waals surface area (Å²) in [5.74, 6) is -1.31. The smallest absolute Gasteiger partial charge is 0.341 e. The molecule has 2 aromatic rings. The maximum absolute atomic E-state index is 13.6. The van der Waals surface area contributed by atoms with Crippen molar-refractivity contribution in [1.82, 2.24) is 5.32 Å². The maximum atomic E-state index is 13.6. The van der Waals surface area contributed by atoms with E-state index in [4.69, 9.17) is 9.47 Å². The number of esters is 1. The van der Waals surface area contributed by atoms with E-state index in [-0.39, 0.29) is 5.56 Å². The molecule has 0 heterocycles.